The summed E-state index contributed by atoms with van der Waals surface area (Å²) in [5, 5.41) is -0.718. The van der Waals surface area contributed by atoms with Crippen molar-refractivity contribution in [2.45, 2.75) is 18.3 Å². The lowest BCUT2D eigenvalue weighted by molar-refractivity contribution is -0.275. The van der Waals surface area contributed by atoms with Crippen LogP contribution >= 0.6 is 10.7 Å². The molecule has 5 nitrogen and oxygen atoms in total. The number of alkyl halides is 3. The minimum atomic E-state index is -4.99. The molecule has 102 valence electrons. The van der Waals surface area contributed by atoms with Crippen molar-refractivity contribution in [3.8, 4) is 11.5 Å². The van der Waals surface area contributed by atoms with Gasteiger partial charge in [-0.15, -0.1) is 13.2 Å². The van der Waals surface area contributed by atoms with Crippen molar-refractivity contribution in [3.63, 3.8) is 0 Å². The molecule has 0 spiro atoms. The van der Waals surface area contributed by atoms with Crippen molar-refractivity contribution in [2.75, 3.05) is 7.11 Å². The van der Waals surface area contributed by atoms with Gasteiger partial charge in [-0.2, -0.15) is 0 Å². The molecule has 1 aromatic heterocycles. The van der Waals surface area contributed by atoms with Crippen LogP contribution in [0.25, 0.3) is 0 Å². The molecule has 0 N–H and O–H groups in total. The predicted octanol–water partition coefficient (Wildman–Crippen LogP) is 2.22. The summed E-state index contributed by atoms with van der Waals surface area (Å²) >= 11 is 0. The maximum atomic E-state index is 12.2. The number of hydrogen-bond acceptors (Lipinski definition) is 5. The van der Waals surface area contributed by atoms with E-state index in [2.05, 4.69) is 14.5 Å². The third-order valence-corrected chi connectivity index (χ3v) is 3.16. The number of halogens is 4. The third kappa shape index (κ3) is 3.39. The van der Waals surface area contributed by atoms with Gasteiger partial charge in [0.05, 0.1) is 13.3 Å². The molecule has 0 saturated carbocycles. The number of ether oxygens (including phenoxy) is 2. The van der Waals surface area contributed by atoms with E-state index < -0.39 is 26.2 Å². The summed E-state index contributed by atoms with van der Waals surface area (Å²) in [4.78, 5) is 3.42. The van der Waals surface area contributed by atoms with Crippen LogP contribution in [-0.4, -0.2) is 26.9 Å². The molecule has 0 bridgehead atoms. The Bertz CT molecular complexity index is 558. The van der Waals surface area contributed by atoms with Gasteiger partial charge in [-0.3, -0.25) is 0 Å². The third-order valence-electron chi connectivity index (χ3n) is 1.85. The van der Waals surface area contributed by atoms with Gasteiger partial charge in [0.2, 0.25) is 0 Å². The molecule has 10 heteroatoms. The second-order valence-electron chi connectivity index (χ2n) is 3.07. The van der Waals surface area contributed by atoms with E-state index in [0.29, 0.717) is 0 Å². The zero-order valence-electron chi connectivity index (χ0n) is 9.08. The van der Waals surface area contributed by atoms with E-state index in [0.717, 1.165) is 20.2 Å². The first-order valence-electron chi connectivity index (χ1n) is 4.30. The van der Waals surface area contributed by atoms with Gasteiger partial charge in [0, 0.05) is 16.2 Å². The van der Waals surface area contributed by atoms with Gasteiger partial charge in [0.1, 0.15) is 0 Å². The summed E-state index contributed by atoms with van der Waals surface area (Å²) in [6.45, 7) is 1.08. The Kier molecular flexibility index (Phi) is 3.96. The second-order valence-corrected chi connectivity index (χ2v) is 5.55. The summed E-state index contributed by atoms with van der Waals surface area (Å²) < 4.78 is 67.1. The topological polar surface area (TPSA) is 65.5 Å². The van der Waals surface area contributed by atoms with Crippen LogP contribution in [0.3, 0.4) is 0 Å². The summed E-state index contributed by atoms with van der Waals surface area (Å²) in [5.74, 6) is -1.15. The first-order chi connectivity index (χ1) is 8.06. The largest absolute Gasteiger partial charge is 0.573 e. The average molecular weight is 306 g/mol. The quantitative estimate of drug-likeness (QED) is 0.801. The molecule has 0 aliphatic heterocycles. The van der Waals surface area contributed by atoms with Crippen molar-refractivity contribution in [3.05, 3.63) is 11.8 Å². The molecule has 0 atom stereocenters. The molecule has 0 unspecified atom stereocenters. The van der Waals surface area contributed by atoms with Crippen LogP contribution in [0.4, 0.5) is 13.2 Å². The van der Waals surface area contributed by atoms with E-state index in [1.54, 1.807) is 0 Å². The summed E-state index contributed by atoms with van der Waals surface area (Å²) in [6.07, 6.45) is -4.21. The smallest absolute Gasteiger partial charge is 0.491 e. The van der Waals surface area contributed by atoms with Crippen LogP contribution in [0.15, 0.2) is 11.2 Å². The average Bonchev–Trinajstić information content (AvgIpc) is 2.17. The Morgan fingerprint density at radius 1 is 1.39 bits per heavy atom. The van der Waals surface area contributed by atoms with Crippen molar-refractivity contribution < 1.29 is 31.1 Å². The fraction of sp³-hybridized carbons (Fsp3) is 0.375. The minimum absolute atomic E-state index is 0.353. The summed E-state index contributed by atoms with van der Waals surface area (Å²) in [7, 11) is 1.85. The molecule has 0 fully saturated rings. The highest BCUT2D eigenvalue weighted by Gasteiger charge is 2.35. The number of pyridine rings is 1. The molecule has 18 heavy (non-hydrogen) atoms. The van der Waals surface area contributed by atoms with Crippen molar-refractivity contribution in [1.82, 2.24) is 4.98 Å². The lowest BCUT2D eigenvalue weighted by Gasteiger charge is -2.15. The summed E-state index contributed by atoms with van der Waals surface area (Å²) in [5.41, 5.74) is -0.387. The van der Waals surface area contributed by atoms with Crippen molar-refractivity contribution in [2.24, 2.45) is 0 Å². The van der Waals surface area contributed by atoms with Gasteiger partial charge in [-0.05, 0) is 6.92 Å². The van der Waals surface area contributed by atoms with Gasteiger partial charge in [0.15, 0.2) is 16.5 Å². The monoisotopic (exact) mass is 305 g/mol. The van der Waals surface area contributed by atoms with Gasteiger partial charge < -0.3 is 9.47 Å². The normalized spacial score (nSPS) is 12.3. The number of nitrogens with zero attached hydrogens (tertiary/aromatic N) is 1. The molecule has 0 radical (unpaired) electrons. The number of rotatable bonds is 3. The molecule has 1 aromatic rings. The van der Waals surface area contributed by atoms with Gasteiger partial charge in [-0.25, -0.2) is 13.4 Å². The molecule has 0 aromatic carbocycles. The Morgan fingerprint density at radius 3 is 2.33 bits per heavy atom. The second kappa shape index (κ2) is 4.81. The SMILES string of the molecule is COc1cnc(S(=O)(=O)Cl)c(C)c1OC(F)(F)F. The standard InChI is InChI=1S/C8H7ClF3NO4S/c1-4-6(17-8(10,11)12)5(16-2)3-13-7(4)18(9,14)15/h3H,1-2H3. The van der Waals surface area contributed by atoms with E-state index in [4.69, 9.17) is 10.7 Å². The molecular formula is C8H7ClF3NO4S. The van der Waals surface area contributed by atoms with Crippen LogP contribution in [0.1, 0.15) is 5.56 Å². The predicted molar refractivity (Wildman–Crippen MR) is 55.2 cm³/mol. The maximum Gasteiger partial charge on any atom is 0.573 e. The van der Waals surface area contributed by atoms with Crippen LogP contribution < -0.4 is 9.47 Å². The number of aromatic nitrogens is 1. The molecular weight excluding hydrogens is 299 g/mol. The highest BCUT2D eigenvalue weighted by atomic mass is 35.7. The molecule has 1 rings (SSSR count). The zero-order chi connectivity index (χ0) is 14.1. The Hall–Kier alpha value is -1.22. The fourth-order valence-corrected chi connectivity index (χ4v) is 2.29. The highest BCUT2D eigenvalue weighted by Crippen LogP contribution is 2.37. The van der Waals surface area contributed by atoms with Gasteiger partial charge in [-0.1, -0.05) is 0 Å². The van der Waals surface area contributed by atoms with E-state index in [9.17, 15) is 21.6 Å². The Labute approximate surface area is 105 Å². The van der Waals surface area contributed by atoms with Crippen LogP contribution in [0.2, 0.25) is 0 Å². The van der Waals surface area contributed by atoms with E-state index in [-0.39, 0.29) is 11.3 Å². The first kappa shape index (κ1) is 14.8. The minimum Gasteiger partial charge on any atom is -0.491 e. The lowest BCUT2D eigenvalue weighted by atomic mass is 10.3. The molecule has 0 aliphatic carbocycles. The van der Waals surface area contributed by atoms with Crippen LogP contribution in [0.5, 0.6) is 11.5 Å². The fourth-order valence-electron chi connectivity index (χ4n) is 1.19. The van der Waals surface area contributed by atoms with E-state index in [1.807, 2.05) is 0 Å². The molecule has 0 saturated heterocycles. The molecule has 0 amide bonds. The Balaban J connectivity index is 3.46. The molecule has 1 heterocycles. The van der Waals surface area contributed by atoms with Crippen LogP contribution in [0, 0.1) is 6.92 Å². The van der Waals surface area contributed by atoms with E-state index in [1.165, 1.54) is 0 Å². The lowest BCUT2D eigenvalue weighted by Crippen LogP contribution is -2.19. The van der Waals surface area contributed by atoms with Gasteiger partial charge in [0.25, 0.3) is 9.05 Å². The summed E-state index contributed by atoms with van der Waals surface area (Å²) in [6, 6.07) is 0. The number of methoxy groups -OCH3 is 1. The van der Waals surface area contributed by atoms with Gasteiger partial charge >= 0.3 is 6.36 Å². The number of hydrogen-bond donors (Lipinski definition) is 0. The zero-order valence-corrected chi connectivity index (χ0v) is 10.7. The Morgan fingerprint density at radius 2 is 1.94 bits per heavy atom. The van der Waals surface area contributed by atoms with E-state index >= 15 is 0 Å². The van der Waals surface area contributed by atoms with Crippen LogP contribution in [-0.2, 0) is 9.05 Å². The maximum absolute atomic E-state index is 12.2. The van der Waals surface area contributed by atoms with Crippen molar-refractivity contribution in [1.29, 1.82) is 0 Å². The highest BCUT2D eigenvalue weighted by molar-refractivity contribution is 8.13. The first-order valence-corrected chi connectivity index (χ1v) is 6.61. The molecule has 0 aliphatic rings. The van der Waals surface area contributed by atoms with Crippen molar-refractivity contribution >= 4 is 19.7 Å².